The van der Waals surface area contributed by atoms with Crippen LogP contribution in [0.5, 0.6) is 0 Å². The number of nitrogens with one attached hydrogen (secondary N) is 2. The quantitative estimate of drug-likeness (QED) is 0.467. The Morgan fingerprint density at radius 3 is 2.79 bits per heavy atom. The molecule has 0 radical (unpaired) electrons. The third-order valence-corrected chi connectivity index (χ3v) is 5.10. The maximum absolute atomic E-state index is 12.7. The normalized spacial score (nSPS) is 12.6. The minimum absolute atomic E-state index is 0.116. The molecule has 0 fully saturated rings. The van der Waals surface area contributed by atoms with E-state index in [0.29, 0.717) is 16.7 Å². The second-order valence-electron chi connectivity index (χ2n) is 7.02. The molecule has 0 saturated heterocycles. The number of pyridine rings is 2. The molecule has 4 aromatic rings. The summed E-state index contributed by atoms with van der Waals surface area (Å²) < 4.78 is 0. The number of hydrogen-bond donors (Lipinski definition) is 3. The van der Waals surface area contributed by atoms with Crippen LogP contribution in [0.15, 0.2) is 59.5 Å². The van der Waals surface area contributed by atoms with Crippen molar-refractivity contribution in [2.75, 3.05) is 12.8 Å². The number of rotatable bonds is 4. The van der Waals surface area contributed by atoms with Crippen molar-refractivity contribution in [3.8, 4) is 0 Å². The van der Waals surface area contributed by atoms with Crippen molar-refractivity contribution in [1.82, 2.24) is 19.9 Å². The molecular formula is C22H21N5O2. The number of para-hydroxylation sites is 1. The molecule has 0 aliphatic carbocycles. The van der Waals surface area contributed by atoms with E-state index >= 15 is 0 Å². The number of amides is 1. The average molecular weight is 387 g/mol. The van der Waals surface area contributed by atoms with E-state index in [0.717, 1.165) is 22.2 Å². The third-order valence-electron chi connectivity index (χ3n) is 5.10. The largest absolute Gasteiger partial charge is 0.398 e. The predicted molar refractivity (Wildman–Crippen MR) is 115 cm³/mol. The van der Waals surface area contributed by atoms with Gasteiger partial charge in [-0.25, -0.2) is 4.98 Å². The molecule has 0 bridgehead atoms. The van der Waals surface area contributed by atoms with Gasteiger partial charge in [0.25, 0.3) is 5.56 Å². The molecule has 0 aliphatic heterocycles. The number of carbonyl (C=O) groups excluding carboxylic acids is 1. The van der Waals surface area contributed by atoms with Crippen LogP contribution in [0.2, 0.25) is 0 Å². The van der Waals surface area contributed by atoms with Gasteiger partial charge in [0.1, 0.15) is 5.65 Å². The maximum Gasteiger partial charge on any atom is 0.251 e. The van der Waals surface area contributed by atoms with E-state index in [4.69, 9.17) is 5.73 Å². The van der Waals surface area contributed by atoms with Gasteiger partial charge in [-0.05, 0) is 42.1 Å². The molecule has 1 aromatic carbocycles. The number of anilines is 1. The molecule has 3 heterocycles. The predicted octanol–water partition coefficient (Wildman–Crippen LogP) is 3.22. The number of likely N-dealkylation sites (N-methyl/N-ethyl adjacent to an activating group) is 1. The molecule has 0 spiro atoms. The number of carbonyl (C=O) groups is 1. The summed E-state index contributed by atoms with van der Waals surface area (Å²) in [5.41, 5.74) is 9.11. The maximum atomic E-state index is 12.7. The van der Waals surface area contributed by atoms with Gasteiger partial charge in [-0.1, -0.05) is 18.2 Å². The van der Waals surface area contributed by atoms with Gasteiger partial charge >= 0.3 is 0 Å². The second kappa shape index (κ2) is 7.27. The zero-order valence-corrected chi connectivity index (χ0v) is 16.1. The lowest BCUT2D eigenvalue weighted by Crippen LogP contribution is -2.28. The van der Waals surface area contributed by atoms with E-state index in [1.807, 2.05) is 31.2 Å². The standard InChI is InChI=1S/C22H21N5O2/c1-13(19-10-15-5-3-4-6-18(15)25-19)27(2)21(29)8-7-14-9-16-17(23)11-20(28)26-22(16)24-12-14/h3-13,25H,1-2H3,(H3,23,24,26,28). The number of aromatic nitrogens is 3. The fourth-order valence-corrected chi connectivity index (χ4v) is 3.27. The van der Waals surface area contributed by atoms with Gasteiger partial charge in [-0.3, -0.25) is 9.59 Å². The number of nitrogens with zero attached hydrogens (tertiary/aromatic N) is 2. The lowest BCUT2D eigenvalue weighted by Gasteiger charge is -2.22. The van der Waals surface area contributed by atoms with Gasteiger partial charge in [0.15, 0.2) is 0 Å². The van der Waals surface area contributed by atoms with E-state index in [1.165, 1.54) is 12.1 Å². The Morgan fingerprint density at radius 1 is 1.21 bits per heavy atom. The van der Waals surface area contributed by atoms with Crippen LogP contribution in [0.25, 0.3) is 28.0 Å². The Balaban J connectivity index is 1.54. The van der Waals surface area contributed by atoms with Crippen LogP contribution in [0.3, 0.4) is 0 Å². The SMILES string of the molecule is CC(c1cc2ccccc2[nH]1)N(C)C(=O)C=Cc1cnc2[nH]c(=O)cc(N)c2c1. The number of nitrogen functional groups attached to an aromatic ring is 1. The number of hydrogen-bond acceptors (Lipinski definition) is 4. The molecular weight excluding hydrogens is 366 g/mol. The highest BCUT2D eigenvalue weighted by Crippen LogP contribution is 2.23. The summed E-state index contributed by atoms with van der Waals surface area (Å²) in [5.74, 6) is -0.134. The van der Waals surface area contributed by atoms with E-state index in [9.17, 15) is 9.59 Å². The highest BCUT2D eigenvalue weighted by molar-refractivity contribution is 5.93. The first-order chi connectivity index (χ1) is 13.9. The van der Waals surface area contributed by atoms with Crippen molar-refractivity contribution in [3.63, 3.8) is 0 Å². The van der Waals surface area contributed by atoms with Crippen molar-refractivity contribution < 1.29 is 4.79 Å². The summed E-state index contributed by atoms with van der Waals surface area (Å²) in [4.78, 5) is 36.0. The number of aromatic amines is 2. The first kappa shape index (κ1) is 18.5. The van der Waals surface area contributed by atoms with Crippen molar-refractivity contribution in [2.24, 2.45) is 0 Å². The van der Waals surface area contributed by atoms with Crippen molar-refractivity contribution >= 4 is 39.6 Å². The van der Waals surface area contributed by atoms with Crippen LogP contribution in [-0.2, 0) is 4.79 Å². The molecule has 0 aliphatic rings. The summed E-state index contributed by atoms with van der Waals surface area (Å²) in [6.07, 6.45) is 4.78. The Bertz CT molecular complexity index is 1270. The minimum atomic E-state index is -0.298. The molecule has 7 nitrogen and oxygen atoms in total. The van der Waals surface area contributed by atoms with Crippen LogP contribution in [-0.4, -0.2) is 32.8 Å². The van der Waals surface area contributed by atoms with Crippen LogP contribution >= 0.6 is 0 Å². The second-order valence-corrected chi connectivity index (χ2v) is 7.02. The van der Waals surface area contributed by atoms with Crippen LogP contribution < -0.4 is 11.3 Å². The smallest absolute Gasteiger partial charge is 0.251 e. The fourth-order valence-electron chi connectivity index (χ4n) is 3.27. The lowest BCUT2D eigenvalue weighted by molar-refractivity contribution is -0.126. The van der Waals surface area contributed by atoms with E-state index in [2.05, 4.69) is 21.0 Å². The van der Waals surface area contributed by atoms with Gasteiger partial charge < -0.3 is 20.6 Å². The number of benzene rings is 1. The average Bonchev–Trinajstić information content (AvgIpc) is 3.15. The summed E-state index contributed by atoms with van der Waals surface area (Å²) in [6.45, 7) is 1.98. The molecule has 7 heteroatoms. The highest BCUT2D eigenvalue weighted by Gasteiger charge is 2.17. The Kier molecular flexibility index (Phi) is 4.64. The molecule has 4 N–H and O–H groups in total. The van der Waals surface area contributed by atoms with Crippen LogP contribution in [0.1, 0.15) is 24.2 Å². The zero-order valence-electron chi connectivity index (χ0n) is 16.1. The van der Waals surface area contributed by atoms with Crippen molar-refractivity contribution in [3.05, 3.63) is 76.3 Å². The van der Waals surface area contributed by atoms with Gasteiger partial charge in [-0.2, -0.15) is 0 Å². The van der Waals surface area contributed by atoms with E-state index in [-0.39, 0.29) is 17.5 Å². The number of H-pyrrole nitrogens is 2. The molecule has 146 valence electrons. The first-order valence-electron chi connectivity index (χ1n) is 9.23. The van der Waals surface area contributed by atoms with Crippen LogP contribution in [0.4, 0.5) is 5.69 Å². The summed E-state index contributed by atoms with van der Waals surface area (Å²) in [5, 5.41) is 1.75. The van der Waals surface area contributed by atoms with E-state index < -0.39 is 0 Å². The summed E-state index contributed by atoms with van der Waals surface area (Å²) >= 11 is 0. The molecule has 1 amide bonds. The number of nitrogens with two attached hydrogens (primary N) is 1. The van der Waals surface area contributed by atoms with Gasteiger partial charge in [0.2, 0.25) is 5.91 Å². The van der Waals surface area contributed by atoms with Gasteiger partial charge in [-0.15, -0.1) is 0 Å². The number of fused-ring (bicyclic) bond motifs is 2. The summed E-state index contributed by atoms with van der Waals surface area (Å²) in [7, 11) is 1.77. The molecule has 4 rings (SSSR count). The minimum Gasteiger partial charge on any atom is -0.398 e. The van der Waals surface area contributed by atoms with Crippen molar-refractivity contribution in [2.45, 2.75) is 13.0 Å². The Morgan fingerprint density at radius 2 is 2.00 bits per heavy atom. The molecule has 3 aromatic heterocycles. The first-order valence-corrected chi connectivity index (χ1v) is 9.23. The van der Waals surface area contributed by atoms with Gasteiger partial charge in [0, 0.05) is 47.7 Å². The fraction of sp³-hybridized carbons (Fsp3) is 0.136. The molecule has 1 unspecified atom stereocenters. The molecule has 1 atom stereocenters. The van der Waals surface area contributed by atoms with E-state index in [1.54, 1.807) is 30.3 Å². The Labute approximate surface area is 166 Å². The third kappa shape index (κ3) is 3.62. The monoisotopic (exact) mass is 387 g/mol. The lowest BCUT2D eigenvalue weighted by atomic mass is 10.1. The zero-order chi connectivity index (χ0) is 20.5. The highest BCUT2D eigenvalue weighted by atomic mass is 16.2. The Hall–Kier alpha value is -3.87. The summed E-state index contributed by atoms with van der Waals surface area (Å²) in [6, 6.07) is 13.1. The van der Waals surface area contributed by atoms with Crippen molar-refractivity contribution in [1.29, 1.82) is 0 Å². The van der Waals surface area contributed by atoms with Gasteiger partial charge in [0.05, 0.1) is 6.04 Å². The molecule has 29 heavy (non-hydrogen) atoms. The topological polar surface area (TPSA) is 108 Å². The molecule has 0 saturated carbocycles. The van der Waals surface area contributed by atoms with Crippen LogP contribution in [0, 0.1) is 0 Å².